The van der Waals surface area contributed by atoms with Crippen molar-refractivity contribution >= 4 is 40.8 Å². The van der Waals surface area contributed by atoms with Crippen LogP contribution in [0.2, 0.25) is 5.02 Å². The third-order valence-corrected chi connectivity index (χ3v) is 4.78. The molecule has 0 radical (unpaired) electrons. The maximum absolute atomic E-state index is 13.1. The zero-order valence-electron chi connectivity index (χ0n) is 17.9. The largest absolute Gasteiger partial charge is 0.456 e. The first-order chi connectivity index (χ1) is 16.9. The molecular formula is C24H17ClFN5O4. The average molecular weight is 494 g/mol. The predicted molar refractivity (Wildman–Crippen MR) is 128 cm³/mol. The highest BCUT2D eigenvalue weighted by Crippen LogP contribution is 2.33. The van der Waals surface area contributed by atoms with Gasteiger partial charge in [-0.05, 0) is 60.7 Å². The molecule has 0 aliphatic heterocycles. The minimum absolute atomic E-state index is 0.0222. The van der Waals surface area contributed by atoms with Crippen LogP contribution in [0, 0.1) is 5.82 Å². The van der Waals surface area contributed by atoms with Gasteiger partial charge in [0.05, 0.1) is 10.6 Å². The average Bonchev–Trinajstić information content (AvgIpc) is 2.82. The maximum Gasteiger partial charge on any atom is 0.411 e. The number of nitrogens with two attached hydrogens (primary N) is 1. The van der Waals surface area contributed by atoms with E-state index in [0.717, 1.165) is 0 Å². The maximum atomic E-state index is 13.1. The Balaban J connectivity index is 1.49. The van der Waals surface area contributed by atoms with E-state index >= 15 is 0 Å². The summed E-state index contributed by atoms with van der Waals surface area (Å²) in [5.74, 6) is 0.0848. The van der Waals surface area contributed by atoms with Crippen LogP contribution < -0.4 is 25.8 Å². The molecule has 0 bridgehead atoms. The summed E-state index contributed by atoms with van der Waals surface area (Å²) in [5, 5.41) is 6.02. The normalized spacial score (nSPS) is 10.3. The van der Waals surface area contributed by atoms with E-state index in [9.17, 15) is 14.0 Å². The van der Waals surface area contributed by atoms with Gasteiger partial charge >= 0.3 is 6.09 Å². The summed E-state index contributed by atoms with van der Waals surface area (Å²) in [7, 11) is 0. The van der Waals surface area contributed by atoms with Gasteiger partial charge in [-0.25, -0.2) is 19.2 Å². The molecular weight excluding hydrogens is 477 g/mol. The molecule has 0 fully saturated rings. The number of anilines is 3. The molecule has 0 spiro atoms. The molecule has 35 heavy (non-hydrogen) atoms. The Morgan fingerprint density at radius 2 is 1.71 bits per heavy atom. The molecule has 2 aromatic heterocycles. The third-order valence-electron chi connectivity index (χ3n) is 4.49. The molecule has 11 heteroatoms. The lowest BCUT2D eigenvalue weighted by Gasteiger charge is -2.13. The minimum atomic E-state index is -0.997. The first-order valence-corrected chi connectivity index (χ1v) is 10.4. The van der Waals surface area contributed by atoms with E-state index in [4.69, 9.17) is 26.8 Å². The summed E-state index contributed by atoms with van der Waals surface area (Å²) in [6.45, 7) is 0. The number of nitrogens with one attached hydrogen (secondary N) is 2. The highest BCUT2D eigenvalue weighted by atomic mass is 35.5. The second-order valence-electron chi connectivity index (χ2n) is 6.98. The molecule has 2 amide bonds. The van der Waals surface area contributed by atoms with E-state index in [1.165, 1.54) is 42.7 Å². The quantitative estimate of drug-likeness (QED) is 0.309. The van der Waals surface area contributed by atoms with E-state index in [0.29, 0.717) is 28.7 Å². The Morgan fingerprint density at radius 3 is 2.46 bits per heavy atom. The van der Waals surface area contributed by atoms with Crippen LogP contribution in [-0.4, -0.2) is 22.0 Å². The summed E-state index contributed by atoms with van der Waals surface area (Å²) in [6, 6.07) is 16.5. The fourth-order valence-electron chi connectivity index (χ4n) is 2.96. The Kier molecular flexibility index (Phi) is 7.03. The van der Waals surface area contributed by atoms with Crippen LogP contribution in [0.3, 0.4) is 0 Å². The van der Waals surface area contributed by atoms with E-state index in [1.54, 1.807) is 36.4 Å². The molecule has 4 aromatic rings. The van der Waals surface area contributed by atoms with Crippen LogP contribution in [0.5, 0.6) is 17.4 Å². The van der Waals surface area contributed by atoms with Gasteiger partial charge in [0.15, 0.2) is 0 Å². The number of hydrogen-bond donors (Lipinski definition) is 3. The van der Waals surface area contributed by atoms with Gasteiger partial charge in [-0.3, -0.25) is 4.79 Å². The number of carbonyl (C=O) groups excluding carboxylic acids is 2. The van der Waals surface area contributed by atoms with E-state index in [1.807, 2.05) is 0 Å². The van der Waals surface area contributed by atoms with Crippen LogP contribution in [0.4, 0.5) is 26.4 Å². The summed E-state index contributed by atoms with van der Waals surface area (Å²) < 4.78 is 23.6. The first kappa shape index (κ1) is 23.5. The number of rotatable bonds is 7. The van der Waals surface area contributed by atoms with E-state index in [-0.39, 0.29) is 16.5 Å². The molecule has 0 saturated heterocycles. The van der Waals surface area contributed by atoms with Crippen LogP contribution in [-0.2, 0) is 0 Å². The molecule has 0 unspecified atom stereocenters. The molecule has 4 rings (SSSR count). The lowest BCUT2D eigenvalue weighted by Crippen LogP contribution is -2.16. The van der Waals surface area contributed by atoms with Crippen LogP contribution in [0.15, 0.2) is 79.1 Å². The number of aromatic nitrogens is 2. The van der Waals surface area contributed by atoms with Crippen LogP contribution in [0.25, 0.3) is 0 Å². The molecule has 4 N–H and O–H groups in total. The second-order valence-corrected chi connectivity index (χ2v) is 7.39. The van der Waals surface area contributed by atoms with Gasteiger partial charge in [0.2, 0.25) is 5.88 Å². The van der Waals surface area contributed by atoms with Gasteiger partial charge in [-0.2, -0.15) is 0 Å². The summed E-state index contributed by atoms with van der Waals surface area (Å²) in [6.07, 6.45) is 1.92. The van der Waals surface area contributed by atoms with Crippen molar-refractivity contribution < 1.29 is 23.5 Å². The van der Waals surface area contributed by atoms with Crippen LogP contribution in [0.1, 0.15) is 10.4 Å². The minimum Gasteiger partial charge on any atom is -0.456 e. The van der Waals surface area contributed by atoms with Crippen LogP contribution >= 0.6 is 11.6 Å². The number of carbonyl (C=O) groups is 2. The van der Waals surface area contributed by atoms with Gasteiger partial charge in [0.1, 0.15) is 23.1 Å². The second kappa shape index (κ2) is 10.5. The topological polar surface area (TPSA) is 128 Å². The summed E-state index contributed by atoms with van der Waals surface area (Å²) in [5.41, 5.74) is 6.25. The lowest BCUT2D eigenvalue weighted by molar-refractivity contribution is 0.102. The van der Waals surface area contributed by atoms with Crippen molar-refractivity contribution in [3.8, 4) is 17.4 Å². The Morgan fingerprint density at radius 1 is 0.943 bits per heavy atom. The van der Waals surface area contributed by atoms with E-state index in [2.05, 4.69) is 20.6 Å². The van der Waals surface area contributed by atoms with Crippen molar-refractivity contribution in [1.29, 1.82) is 0 Å². The van der Waals surface area contributed by atoms with Gasteiger partial charge in [0.25, 0.3) is 5.91 Å². The number of primary amides is 1. The van der Waals surface area contributed by atoms with Crippen molar-refractivity contribution in [2.24, 2.45) is 5.73 Å². The van der Waals surface area contributed by atoms with Gasteiger partial charge in [-0.15, -0.1) is 0 Å². The Bertz CT molecular complexity index is 1380. The monoisotopic (exact) mass is 493 g/mol. The molecule has 2 heterocycles. The number of benzene rings is 2. The van der Waals surface area contributed by atoms with Crippen molar-refractivity contribution in [1.82, 2.24) is 9.97 Å². The molecule has 0 atom stereocenters. The summed E-state index contributed by atoms with van der Waals surface area (Å²) >= 11 is 6.38. The zero-order valence-corrected chi connectivity index (χ0v) is 18.6. The molecule has 0 saturated carbocycles. The zero-order chi connectivity index (χ0) is 24.8. The molecule has 2 aromatic carbocycles. The Hall–Kier alpha value is -4.70. The third kappa shape index (κ3) is 6.21. The van der Waals surface area contributed by atoms with Crippen molar-refractivity contribution in [3.63, 3.8) is 0 Å². The van der Waals surface area contributed by atoms with Crippen molar-refractivity contribution in [2.45, 2.75) is 0 Å². The van der Waals surface area contributed by atoms with Crippen molar-refractivity contribution in [3.05, 3.63) is 95.5 Å². The molecule has 9 nitrogen and oxygen atoms in total. The number of ether oxygens (including phenoxy) is 2. The molecule has 0 aliphatic carbocycles. The number of nitrogens with zero attached hydrogens (tertiary/aromatic N) is 2. The number of halogens is 2. The van der Waals surface area contributed by atoms with Crippen molar-refractivity contribution in [2.75, 3.05) is 10.6 Å². The highest BCUT2D eigenvalue weighted by Gasteiger charge is 2.14. The number of pyridine rings is 2. The SMILES string of the molecule is NC(=O)Oc1cc(Oc2ccc(Nc3ncccc3C(=O)Nc3ccc(F)cc3)cc2Cl)ccn1. The van der Waals surface area contributed by atoms with Gasteiger partial charge < -0.3 is 25.8 Å². The highest BCUT2D eigenvalue weighted by molar-refractivity contribution is 6.32. The summed E-state index contributed by atoms with van der Waals surface area (Å²) in [4.78, 5) is 31.7. The predicted octanol–water partition coefficient (Wildman–Crippen LogP) is 5.51. The first-order valence-electron chi connectivity index (χ1n) is 10.1. The number of amides is 2. The molecule has 0 aliphatic rings. The van der Waals surface area contributed by atoms with Gasteiger partial charge in [-0.1, -0.05) is 11.6 Å². The number of hydrogen-bond acceptors (Lipinski definition) is 7. The fraction of sp³-hybridized carbons (Fsp3) is 0. The standard InChI is InChI=1S/C24H17ClFN5O4/c25-19-12-16(7-8-20(19)34-17-9-11-28-21(13-17)35-24(27)33)30-22-18(2-1-10-29-22)23(32)31-15-5-3-14(26)4-6-15/h1-13H,(H2,27,33)(H,29,30)(H,31,32). The molecule has 176 valence electrons. The lowest BCUT2D eigenvalue weighted by atomic mass is 10.2. The fourth-order valence-corrected chi connectivity index (χ4v) is 3.18. The Labute approximate surface area is 203 Å². The smallest absolute Gasteiger partial charge is 0.411 e. The van der Waals surface area contributed by atoms with E-state index < -0.39 is 17.8 Å². The van der Waals surface area contributed by atoms with Gasteiger partial charge in [0, 0.05) is 29.8 Å².